The van der Waals surface area contributed by atoms with Gasteiger partial charge in [0, 0.05) is 0 Å². The Labute approximate surface area is 155 Å². The van der Waals surface area contributed by atoms with E-state index in [4.69, 9.17) is 4.74 Å². The zero-order valence-electron chi connectivity index (χ0n) is 15.9. The lowest BCUT2D eigenvalue weighted by Crippen LogP contribution is -2.50. The molecule has 0 unspecified atom stereocenters. The summed E-state index contributed by atoms with van der Waals surface area (Å²) in [7, 11) is 0. The van der Waals surface area contributed by atoms with Gasteiger partial charge in [0.1, 0.15) is 18.9 Å². The van der Waals surface area contributed by atoms with Crippen molar-refractivity contribution in [2.45, 2.75) is 65.1 Å². The van der Waals surface area contributed by atoms with Crippen LogP contribution < -0.4 is 10.6 Å². The minimum absolute atomic E-state index is 0.135. The lowest BCUT2D eigenvalue weighted by atomic mass is 10.0. The molecule has 26 heavy (non-hydrogen) atoms. The van der Waals surface area contributed by atoms with Crippen LogP contribution in [-0.2, 0) is 20.9 Å². The highest BCUT2D eigenvalue weighted by molar-refractivity contribution is 5.87. The molecule has 2 atom stereocenters. The van der Waals surface area contributed by atoms with E-state index in [1.54, 1.807) is 0 Å². The molecular formula is C20H30N2O4. The molecule has 0 radical (unpaired) electrons. The fourth-order valence-electron chi connectivity index (χ4n) is 2.49. The minimum atomic E-state index is -0.734. The van der Waals surface area contributed by atoms with Crippen LogP contribution in [-0.4, -0.2) is 30.4 Å². The Balaban J connectivity index is 2.59. The number of carbonyl (C=O) groups excluding carboxylic acids is 3. The van der Waals surface area contributed by atoms with Crippen molar-refractivity contribution in [3.05, 3.63) is 35.9 Å². The molecule has 0 saturated carbocycles. The Kier molecular flexibility index (Phi) is 10.1. The maximum Gasteiger partial charge on any atom is 0.408 e. The van der Waals surface area contributed by atoms with Crippen LogP contribution in [0.5, 0.6) is 0 Å². The van der Waals surface area contributed by atoms with Gasteiger partial charge in [0.25, 0.3) is 0 Å². The molecule has 2 N–H and O–H groups in total. The molecule has 144 valence electrons. The minimum Gasteiger partial charge on any atom is -0.445 e. The third kappa shape index (κ3) is 8.65. The van der Waals surface area contributed by atoms with E-state index in [-0.39, 0.29) is 18.4 Å². The summed E-state index contributed by atoms with van der Waals surface area (Å²) in [6.07, 6.45) is 2.95. The maximum atomic E-state index is 12.5. The van der Waals surface area contributed by atoms with Gasteiger partial charge in [0.05, 0.1) is 6.04 Å². The second-order valence-electron chi connectivity index (χ2n) is 6.78. The Hall–Kier alpha value is -2.37. The van der Waals surface area contributed by atoms with Gasteiger partial charge in [-0.2, -0.15) is 0 Å². The predicted octanol–water partition coefficient (Wildman–Crippen LogP) is 3.20. The van der Waals surface area contributed by atoms with Gasteiger partial charge < -0.3 is 20.2 Å². The fraction of sp³-hybridized carbons (Fsp3) is 0.550. The first-order valence-electron chi connectivity index (χ1n) is 9.19. The van der Waals surface area contributed by atoms with Gasteiger partial charge in [-0.25, -0.2) is 4.79 Å². The van der Waals surface area contributed by atoms with Crippen molar-refractivity contribution in [2.75, 3.05) is 0 Å². The molecule has 6 heteroatoms. The number of unbranched alkanes of at least 4 members (excludes halogenated alkanes) is 1. The maximum absolute atomic E-state index is 12.5. The third-order valence-electron chi connectivity index (χ3n) is 3.89. The number of ether oxygens (including phenoxy) is 1. The van der Waals surface area contributed by atoms with E-state index in [0.29, 0.717) is 12.8 Å². The van der Waals surface area contributed by atoms with Gasteiger partial charge in [-0.3, -0.25) is 4.79 Å². The van der Waals surface area contributed by atoms with E-state index >= 15 is 0 Å². The highest BCUT2D eigenvalue weighted by Crippen LogP contribution is 2.08. The number of hydrogen-bond donors (Lipinski definition) is 2. The lowest BCUT2D eigenvalue weighted by molar-refractivity contribution is -0.126. The molecule has 0 aliphatic carbocycles. The molecule has 1 rings (SSSR count). The van der Waals surface area contributed by atoms with Crippen LogP contribution in [0.3, 0.4) is 0 Å². The number of carbonyl (C=O) groups is 3. The van der Waals surface area contributed by atoms with Crippen LogP contribution in [0.2, 0.25) is 0 Å². The number of alkyl carbamates (subject to hydrolysis) is 1. The van der Waals surface area contributed by atoms with Gasteiger partial charge in [0.2, 0.25) is 5.91 Å². The molecule has 2 amide bonds. The van der Waals surface area contributed by atoms with Crippen LogP contribution in [0, 0.1) is 5.92 Å². The van der Waals surface area contributed by atoms with Gasteiger partial charge in [-0.05, 0) is 24.3 Å². The molecule has 6 nitrogen and oxygen atoms in total. The summed E-state index contributed by atoms with van der Waals surface area (Å²) in [4.78, 5) is 35.7. The number of rotatable bonds is 11. The molecule has 0 saturated heterocycles. The van der Waals surface area contributed by atoms with E-state index < -0.39 is 18.2 Å². The highest BCUT2D eigenvalue weighted by atomic mass is 16.5. The summed E-state index contributed by atoms with van der Waals surface area (Å²) in [6.45, 7) is 6.09. The highest BCUT2D eigenvalue weighted by Gasteiger charge is 2.24. The Morgan fingerprint density at radius 1 is 1.15 bits per heavy atom. The van der Waals surface area contributed by atoms with E-state index in [9.17, 15) is 14.4 Å². The molecule has 1 aromatic rings. The molecule has 1 aromatic carbocycles. The van der Waals surface area contributed by atoms with Crippen LogP contribution in [0.1, 0.15) is 52.0 Å². The number of amides is 2. The largest absolute Gasteiger partial charge is 0.445 e. The summed E-state index contributed by atoms with van der Waals surface area (Å²) in [5, 5.41) is 5.32. The zero-order valence-corrected chi connectivity index (χ0v) is 15.9. The molecule has 0 bridgehead atoms. The summed E-state index contributed by atoms with van der Waals surface area (Å²) >= 11 is 0. The van der Waals surface area contributed by atoms with Crippen molar-refractivity contribution >= 4 is 18.3 Å². The standard InChI is InChI=1S/C20H30N2O4/c1-4-5-11-17(13-23)21-19(24)18(12-15(2)3)22-20(25)26-14-16-9-7-6-8-10-16/h6-10,13,15,17-18H,4-5,11-12,14H2,1-3H3,(H,21,24)(H,22,25)/t17-,18+/m1/s1. The summed E-state index contributed by atoms with van der Waals surface area (Å²) in [5.74, 6) is -0.158. The predicted molar refractivity (Wildman–Crippen MR) is 101 cm³/mol. The second kappa shape index (κ2) is 12.1. The Morgan fingerprint density at radius 2 is 1.85 bits per heavy atom. The SMILES string of the molecule is CCCC[C@H](C=O)NC(=O)[C@H](CC(C)C)NC(=O)OCc1ccccc1. The van der Waals surface area contributed by atoms with Crippen molar-refractivity contribution in [1.29, 1.82) is 0 Å². The second-order valence-corrected chi connectivity index (χ2v) is 6.78. The summed E-state index contributed by atoms with van der Waals surface area (Å²) in [6, 6.07) is 8.06. The third-order valence-corrected chi connectivity index (χ3v) is 3.89. The zero-order chi connectivity index (χ0) is 19.4. The summed E-state index contributed by atoms with van der Waals surface area (Å²) in [5.41, 5.74) is 0.869. The number of aldehydes is 1. The molecule has 0 aromatic heterocycles. The summed E-state index contributed by atoms with van der Waals surface area (Å²) < 4.78 is 5.19. The number of hydrogen-bond acceptors (Lipinski definition) is 4. The lowest BCUT2D eigenvalue weighted by Gasteiger charge is -2.22. The first kappa shape index (κ1) is 21.7. The normalized spacial score (nSPS) is 12.9. The average Bonchev–Trinajstić information content (AvgIpc) is 2.63. The first-order chi connectivity index (χ1) is 12.5. The van der Waals surface area contributed by atoms with Crippen molar-refractivity contribution in [2.24, 2.45) is 5.92 Å². The molecular weight excluding hydrogens is 332 g/mol. The smallest absolute Gasteiger partial charge is 0.408 e. The van der Waals surface area contributed by atoms with Crippen LogP contribution in [0.4, 0.5) is 4.79 Å². The number of benzene rings is 1. The van der Waals surface area contributed by atoms with E-state index in [0.717, 1.165) is 24.7 Å². The molecule has 0 aliphatic heterocycles. The van der Waals surface area contributed by atoms with Gasteiger partial charge in [0.15, 0.2) is 0 Å². The van der Waals surface area contributed by atoms with Crippen LogP contribution >= 0.6 is 0 Å². The van der Waals surface area contributed by atoms with Gasteiger partial charge in [-0.1, -0.05) is 63.9 Å². The van der Waals surface area contributed by atoms with E-state index in [1.165, 1.54) is 0 Å². The molecule has 0 aliphatic rings. The topological polar surface area (TPSA) is 84.5 Å². The van der Waals surface area contributed by atoms with Crippen molar-refractivity contribution in [3.63, 3.8) is 0 Å². The van der Waals surface area contributed by atoms with Crippen molar-refractivity contribution in [1.82, 2.24) is 10.6 Å². The first-order valence-corrected chi connectivity index (χ1v) is 9.19. The van der Waals surface area contributed by atoms with Crippen molar-refractivity contribution < 1.29 is 19.1 Å². The van der Waals surface area contributed by atoms with Gasteiger partial charge >= 0.3 is 6.09 Å². The monoisotopic (exact) mass is 362 g/mol. The van der Waals surface area contributed by atoms with Crippen molar-refractivity contribution in [3.8, 4) is 0 Å². The Morgan fingerprint density at radius 3 is 2.42 bits per heavy atom. The average molecular weight is 362 g/mol. The number of nitrogens with one attached hydrogen (secondary N) is 2. The molecule has 0 spiro atoms. The molecule has 0 heterocycles. The fourth-order valence-corrected chi connectivity index (χ4v) is 2.49. The van der Waals surface area contributed by atoms with E-state index in [2.05, 4.69) is 10.6 Å². The Bertz CT molecular complexity index is 560. The van der Waals surface area contributed by atoms with E-state index in [1.807, 2.05) is 51.1 Å². The quantitative estimate of drug-likeness (QED) is 0.592. The van der Waals surface area contributed by atoms with Crippen LogP contribution in [0.25, 0.3) is 0 Å². The van der Waals surface area contributed by atoms with Gasteiger partial charge in [-0.15, -0.1) is 0 Å². The van der Waals surface area contributed by atoms with Crippen LogP contribution in [0.15, 0.2) is 30.3 Å². The molecule has 0 fully saturated rings.